The Morgan fingerprint density at radius 3 is 2.56 bits per heavy atom. The normalized spacial score (nSPS) is 15.0. The average Bonchev–Trinajstić information content (AvgIpc) is 3.26. The molecule has 1 aromatic heterocycles. The Morgan fingerprint density at radius 1 is 1.15 bits per heavy atom. The molecule has 4 rings (SSSR count). The van der Waals surface area contributed by atoms with Gasteiger partial charge in [-0.15, -0.1) is 11.3 Å². The van der Waals surface area contributed by atoms with E-state index in [9.17, 15) is 22.1 Å². The number of alkyl halides is 4. The number of hydrogen-bond acceptors (Lipinski definition) is 6. The molecule has 222 valence electrons. The quantitative estimate of drug-likeness (QED) is 0.148. The summed E-state index contributed by atoms with van der Waals surface area (Å²) in [6.07, 6.45) is -3.11. The molecule has 11 heteroatoms. The minimum atomic E-state index is -4.37. The zero-order valence-electron chi connectivity index (χ0n) is 23.5. The minimum absolute atomic E-state index is 0.192. The second-order valence-corrected chi connectivity index (χ2v) is 14.8. The molecule has 0 unspecified atom stereocenters. The number of likely N-dealkylation sites (tertiary alicyclic amines) is 1. The predicted octanol–water partition coefficient (Wildman–Crippen LogP) is 6.96. The second kappa shape index (κ2) is 13.5. The summed E-state index contributed by atoms with van der Waals surface area (Å²) in [5.41, 5.74) is 1.67. The molecule has 0 aliphatic carbocycles. The van der Waals surface area contributed by atoms with Crippen molar-refractivity contribution in [3.8, 4) is 17.6 Å². The van der Waals surface area contributed by atoms with Crippen LogP contribution in [0.5, 0.6) is 5.75 Å². The molecule has 1 fully saturated rings. The fraction of sp³-hybridized carbons (Fsp3) is 0.467. The van der Waals surface area contributed by atoms with Crippen LogP contribution in [0.1, 0.15) is 29.7 Å². The van der Waals surface area contributed by atoms with Crippen LogP contribution in [0, 0.1) is 11.8 Å². The summed E-state index contributed by atoms with van der Waals surface area (Å²) in [5.74, 6) is 6.48. The van der Waals surface area contributed by atoms with Gasteiger partial charge in [0.15, 0.2) is 0 Å². The molecule has 0 amide bonds. The third kappa shape index (κ3) is 8.41. The van der Waals surface area contributed by atoms with E-state index >= 15 is 0 Å². The van der Waals surface area contributed by atoms with Crippen LogP contribution >= 0.6 is 18.5 Å². The lowest BCUT2D eigenvalue weighted by atomic mass is 10.0. The maximum Gasteiger partial charge on any atom is 0.393 e. The summed E-state index contributed by atoms with van der Waals surface area (Å²) in [4.78, 5) is 2.65. The van der Waals surface area contributed by atoms with Gasteiger partial charge in [0.2, 0.25) is 0 Å². The van der Waals surface area contributed by atoms with Crippen LogP contribution in [0.3, 0.4) is 0 Å². The third-order valence-corrected chi connectivity index (χ3v) is 9.85. The van der Waals surface area contributed by atoms with Crippen LogP contribution in [0.2, 0.25) is 0 Å². The highest BCUT2D eigenvalue weighted by molar-refractivity contribution is 7.70. The number of thiophene rings is 1. The smallest absolute Gasteiger partial charge is 0.393 e. The van der Waals surface area contributed by atoms with Crippen LogP contribution in [0.4, 0.5) is 28.9 Å². The van der Waals surface area contributed by atoms with E-state index in [1.165, 1.54) is 18.4 Å². The Hall–Kier alpha value is -2.73. The number of benzene rings is 2. The zero-order chi connectivity index (χ0) is 29.6. The third-order valence-electron chi connectivity index (χ3n) is 7.13. The Kier molecular flexibility index (Phi) is 10.3. The number of ether oxygens (including phenoxy) is 1. The van der Waals surface area contributed by atoms with Crippen molar-refractivity contribution >= 4 is 45.2 Å². The Labute approximate surface area is 243 Å². The Bertz CT molecular complexity index is 1450. The van der Waals surface area contributed by atoms with E-state index in [4.69, 9.17) is 4.74 Å². The molecular formula is C30H36F4N3O2PS. The number of nitrogens with zero attached hydrogens (tertiary/aromatic N) is 1. The van der Waals surface area contributed by atoms with Crippen molar-refractivity contribution in [1.29, 1.82) is 0 Å². The first-order valence-corrected chi connectivity index (χ1v) is 17.0. The van der Waals surface area contributed by atoms with E-state index in [0.29, 0.717) is 33.4 Å². The number of piperidine rings is 1. The van der Waals surface area contributed by atoms with Gasteiger partial charge in [-0.25, -0.2) is 0 Å². The maximum atomic E-state index is 13.6. The lowest BCUT2D eigenvalue weighted by Crippen LogP contribution is -2.39. The SMILES string of the molecule is COc1cc(P(C)(C)=O)ccc1NCC#Cc1sc2c(NC3CCN(CCCF)CC3)cccc2c1CC(F)(F)F. The Morgan fingerprint density at radius 2 is 1.90 bits per heavy atom. The minimum Gasteiger partial charge on any atom is -0.495 e. The fourth-order valence-electron chi connectivity index (χ4n) is 4.99. The monoisotopic (exact) mass is 609 g/mol. The molecule has 0 spiro atoms. The Balaban J connectivity index is 1.54. The van der Waals surface area contributed by atoms with Gasteiger partial charge in [0.05, 0.1) is 47.7 Å². The number of methoxy groups -OCH3 is 1. The highest BCUT2D eigenvalue weighted by atomic mass is 32.1. The molecule has 2 heterocycles. The number of fused-ring (bicyclic) bond motifs is 1. The highest BCUT2D eigenvalue weighted by Crippen LogP contribution is 2.40. The van der Waals surface area contributed by atoms with Crippen molar-refractivity contribution in [3.05, 3.63) is 46.8 Å². The van der Waals surface area contributed by atoms with E-state index in [0.717, 1.165) is 42.9 Å². The fourth-order valence-corrected chi connectivity index (χ4v) is 7.02. The number of nitrogens with one attached hydrogen (secondary N) is 2. The lowest BCUT2D eigenvalue weighted by molar-refractivity contribution is -0.126. The molecule has 0 bridgehead atoms. The first kappa shape index (κ1) is 31.2. The molecule has 0 atom stereocenters. The van der Waals surface area contributed by atoms with Gasteiger partial charge in [-0.2, -0.15) is 13.2 Å². The van der Waals surface area contributed by atoms with Crippen molar-refractivity contribution in [2.24, 2.45) is 0 Å². The molecule has 1 saturated heterocycles. The molecule has 0 radical (unpaired) electrons. The molecule has 2 aromatic carbocycles. The van der Waals surface area contributed by atoms with E-state index < -0.39 is 19.7 Å². The van der Waals surface area contributed by atoms with Crippen molar-refractivity contribution in [3.63, 3.8) is 0 Å². The van der Waals surface area contributed by atoms with Crippen LogP contribution in [0.15, 0.2) is 36.4 Å². The first-order chi connectivity index (χ1) is 19.5. The van der Waals surface area contributed by atoms with E-state index in [1.54, 1.807) is 43.7 Å². The van der Waals surface area contributed by atoms with Gasteiger partial charge in [0.25, 0.3) is 0 Å². The van der Waals surface area contributed by atoms with Crippen LogP contribution in [-0.4, -0.2) is 70.4 Å². The first-order valence-electron chi connectivity index (χ1n) is 13.6. The van der Waals surface area contributed by atoms with Gasteiger partial charge >= 0.3 is 6.18 Å². The molecule has 41 heavy (non-hydrogen) atoms. The number of anilines is 2. The molecule has 1 aliphatic heterocycles. The van der Waals surface area contributed by atoms with Crippen molar-refractivity contribution in [2.75, 3.05) is 63.9 Å². The van der Waals surface area contributed by atoms with Gasteiger partial charge in [-0.3, -0.25) is 4.39 Å². The molecular weight excluding hydrogens is 573 g/mol. The molecule has 2 N–H and O–H groups in total. The number of hydrogen-bond donors (Lipinski definition) is 2. The zero-order valence-corrected chi connectivity index (χ0v) is 25.2. The van der Waals surface area contributed by atoms with Crippen molar-refractivity contribution < 1.29 is 26.9 Å². The topological polar surface area (TPSA) is 53.6 Å². The number of rotatable bonds is 10. The standard InChI is InChI=1S/C30H36F4N3O2PS/c1-39-27-19-22(40(2,3)38)10-11-25(27)35-15-5-9-28-24(20-30(32,33)34)23-7-4-8-26(29(23)41-28)36-21-12-17-37(18-13-21)16-6-14-31/h4,7-8,10-11,19,21,35-36H,6,12-18,20H2,1-3H3. The van der Waals surface area contributed by atoms with Crippen LogP contribution in [-0.2, 0) is 11.0 Å². The predicted molar refractivity (Wildman–Crippen MR) is 163 cm³/mol. The summed E-state index contributed by atoms with van der Waals surface area (Å²) >= 11 is 1.28. The van der Waals surface area contributed by atoms with E-state index in [2.05, 4.69) is 27.4 Å². The maximum absolute atomic E-state index is 13.6. The summed E-state index contributed by atoms with van der Waals surface area (Å²) in [6, 6.07) is 10.9. The number of halogens is 4. The van der Waals surface area contributed by atoms with Crippen molar-refractivity contribution in [1.82, 2.24) is 4.90 Å². The van der Waals surface area contributed by atoms with Crippen LogP contribution < -0.4 is 20.7 Å². The summed E-state index contributed by atoms with van der Waals surface area (Å²) in [6.45, 7) is 5.73. The van der Waals surface area contributed by atoms with E-state index in [1.807, 2.05) is 6.07 Å². The average molecular weight is 610 g/mol. The second-order valence-electron chi connectivity index (χ2n) is 10.6. The van der Waals surface area contributed by atoms with Crippen LogP contribution in [0.25, 0.3) is 10.1 Å². The highest BCUT2D eigenvalue weighted by Gasteiger charge is 2.31. The van der Waals surface area contributed by atoms with Gasteiger partial charge in [0.1, 0.15) is 12.9 Å². The summed E-state index contributed by atoms with van der Waals surface area (Å²) < 4.78 is 71.9. The van der Waals surface area contributed by atoms with E-state index in [-0.39, 0.29) is 24.8 Å². The molecule has 5 nitrogen and oxygen atoms in total. The van der Waals surface area contributed by atoms with Gasteiger partial charge in [-0.1, -0.05) is 24.0 Å². The summed E-state index contributed by atoms with van der Waals surface area (Å²) in [7, 11) is -0.934. The molecule has 1 aliphatic rings. The van der Waals surface area contributed by atoms with Gasteiger partial charge in [0, 0.05) is 31.0 Å². The van der Waals surface area contributed by atoms with Gasteiger partial charge in [-0.05, 0) is 67.8 Å². The molecule has 0 saturated carbocycles. The van der Waals surface area contributed by atoms with Crippen molar-refractivity contribution in [2.45, 2.75) is 37.9 Å². The largest absolute Gasteiger partial charge is 0.495 e. The summed E-state index contributed by atoms with van der Waals surface area (Å²) in [5, 5.41) is 7.97. The van der Waals surface area contributed by atoms with Gasteiger partial charge < -0.3 is 24.8 Å². The lowest BCUT2D eigenvalue weighted by Gasteiger charge is -2.32. The molecule has 3 aromatic rings.